The van der Waals surface area contributed by atoms with E-state index in [0.717, 1.165) is 11.1 Å². The summed E-state index contributed by atoms with van der Waals surface area (Å²) in [4.78, 5) is 22.9. The Morgan fingerprint density at radius 1 is 1.08 bits per heavy atom. The highest BCUT2D eigenvalue weighted by Crippen LogP contribution is 2.06. The van der Waals surface area contributed by atoms with Crippen molar-refractivity contribution >= 4 is 11.9 Å². The number of rotatable bonds is 8. The topological polar surface area (TPSA) is 75.6 Å². The van der Waals surface area contributed by atoms with Crippen LogP contribution in [-0.2, 0) is 22.6 Å². The van der Waals surface area contributed by atoms with E-state index in [2.05, 4.69) is 5.32 Å². The number of benzene rings is 2. The van der Waals surface area contributed by atoms with Gasteiger partial charge in [0.1, 0.15) is 6.10 Å². The third-order valence-corrected chi connectivity index (χ3v) is 3.60. The number of ether oxygens (including phenoxy) is 1. The third kappa shape index (κ3) is 5.52. The number of hydrogen-bond acceptors (Lipinski definition) is 3. The smallest absolute Gasteiger partial charge is 0.335 e. The molecule has 0 aromatic heterocycles. The zero-order chi connectivity index (χ0) is 17.4. The maximum Gasteiger partial charge on any atom is 0.335 e. The molecule has 1 unspecified atom stereocenters. The molecule has 0 heterocycles. The molecule has 2 rings (SSSR count). The van der Waals surface area contributed by atoms with Gasteiger partial charge in [0, 0.05) is 6.54 Å². The number of nitrogens with one attached hydrogen (secondary N) is 1. The number of carboxylic acids is 1. The van der Waals surface area contributed by atoms with E-state index in [1.165, 1.54) is 0 Å². The minimum Gasteiger partial charge on any atom is -0.478 e. The maximum absolute atomic E-state index is 12.0. The lowest BCUT2D eigenvalue weighted by Gasteiger charge is -2.13. The summed E-state index contributed by atoms with van der Waals surface area (Å²) in [6, 6.07) is 16.4. The van der Waals surface area contributed by atoms with E-state index in [9.17, 15) is 9.59 Å². The maximum atomic E-state index is 12.0. The Labute approximate surface area is 141 Å². The first-order chi connectivity index (χ1) is 11.6. The minimum atomic E-state index is -0.955. The number of aromatic carboxylic acids is 1. The van der Waals surface area contributed by atoms with Gasteiger partial charge in [0.25, 0.3) is 0 Å². The Bertz CT molecular complexity index is 685. The highest BCUT2D eigenvalue weighted by atomic mass is 16.5. The Morgan fingerprint density at radius 2 is 1.79 bits per heavy atom. The highest BCUT2D eigenvalue weighted by molar-refractivity contribution is 5.87. The van der Waals surface area contributed by atoms with Crippen molar-refractivity contribution < 1.29 is 19.4 Å². The van der Waals surface area contributed by atoms with Gasteiger partial charge in [0.2, 0.25) is 5.91 Å². The van der Waals surface area contributed by atoms with Crippen molar-refractivity contribution in [2.75, 3.05) is 6.54 Å². The lowest BCUT2D eigenvalue weighted by molar-refractivity contribution is -0.132. The predicted octanol–water partition coefficient (Wildman–Crippen LogP) is 2.65. The van der Waals surface area contributed by atoms with Crippen molar-refractivity contribution in [2.45, 2.75) is 26.1 Å². The zero-order valence-electron chi connectivity index (χ0n) is 13.6. The van der Waals surface area contributed by atoms with Crippen molar-refractivity contribution in [3.05, 3.63) is 71.3 Å². The van der Waals surface area contributed by atoms with Crippen LogP contribution in [0.5, 0.6) is 0 Å². The molecule has 0 spiro atoms. The second kappa shape index (κ2) is 8.84. The quantitative estimate of drug-likeness (QED) is 0.781. The fourth-order valence-electron chi connectivity index (χ4n) is 2.20. The van der Waals surface area contributed by atoms with E-state index < -0.39 is 12.1 Å². The molecule has 2 aromatic carbocycles. The van der Waals surface area contributed by atoms with E-state index in [4.69, 9.17) is 9.84 Å². The average molecular weight is 327 g/mol. The van der Waals surface area contributed by atoms with Gasteiger partial charge in [0.15, 0.2) is 0 Å². The zero-order valence-corrected chi connectivity index (χ0v) is 13.6. The summed E-state index contributed by atoms with van der Waals surface area (Å²) >= 11 is 0. The monoisotopic (exact) mass is 327 g/mol. The molecule has 0 fully saturated rings. The van der Waals surface area contributed by atoms with Crippen molar-refractivity contribution in [2.24, 2.45) is 0 Å². The van der Waals surface area contributed by atoms with E-state index in [1.54, 1.807) is 25.1 Å². The molecule has 24 heavy (non-hydrogen) atoms. The number of amides is 1. The summed E-state index contributed by atoms with van der Waals surface area (Å²) in [7, 11) is 0. The third-order valence-electron chi connectivity index (χ3n) is 3.60. The molecule has 5 nitrogen and oxygen atoms in total. The summed E-state index contributed by atoms with van der Waals surface area (Å²) in [5.41, 5.74) is 2.13. The number of carboxylic acid groups (broad SMARTS) is 1. The van der Waals surface area contributed by atoms with Gasteiger partial charge in [-0.15, -0.1) is 0 Å². The van der Waals surface area contributed by atoms with Crippen LogP contribution >= 0.6 is 0 Å². The van der Waals surface area contributed by atoms with Gasteiger partial charge in [-0.25, -0.2) is 4.79 Å². The van der Waals surface area contributed by atoms with Gasteiger partial charge in [-0.3, -0.25) is 4.79 Å². The lowest BCUT2D eigenvalue weighted by Crippen LogP contribution is -2.35. The summed E-state index contributed by atoms with van der Waals surface area (Å²) in [6.45, 7) is 2.53. The molecule has 0 saturated carbocycles. The molecule has 5 heteroatoms. The molecular formula is C19H21NO4. The van der Waals surface area contributed by atoms with Crippen LogP contribution in [0.15, 0.2) is 54.6 Å². The minimum absolute atomic E-state index is 0.180. The van der Waals surface area contributed by atoms with Crippen molar-refractivity contribution in [3.8, 4) is 0 Å². The Hall–Kier alpha value is -2.66. The largest absolute Gasteiger partial charge is 0.478 e. The number of hydrogen-bond donors (Lipinski definition) is 2. The molecule has 126 valence electrons. The lowest BCUT2D eigenvalue weighted by atomic mass is 10.1. The van der Waals surface area contributed by atoms with Crippen LogP contribution in [0.25, 0.3) is 0 Å². The van der Waals surface area contributed by atoms with E-state index in [-0.39, 0.29) is 11.5 Å². The van der Waals surface area contributed by atoms with Gasteiger partial charge < -0.3 is 15.2 Å². The fraction of sp³-hybridized carbons (Fsp3) is 0.263. The van der Waals surface area contributed by atoms with Crippen LogP contribution in [0.1, 0.15) is 28.4 Å². The average Bonchev–Trinajstić information content (AvgIpc) is 2.60. The molecule has 0 radical (unpaired) electrons. The van der Waals surface area contributed by atoms with Gasteiger partial charge in [-0.2, -0.15) is 0 Å². The first-order valence-electron chi connectivity index (χ1n) is 7.81. The van der Waals surface area contributed by atoms with E-state index in [1.807, 2.05) is 36.4 Å². The summed E-state index contributed by atoms with van der Waals surface area (Å²) in [5, 5.41) is 11.8. The Morgan fingerprint density at radius 3 is 2.50 bits per heavy atom. The van der Waals surface area contributed by atoms with Crippen LogP contribution in [0.2, 0.25) is 0 Å². The van der Waals surface area contributed by atoms with Crippen LogP contribution in [0.4, 0.5) is 0 Å². The van der Waals surface area contributed by atoms with Gasteiger partial charge in [-0.1, -0.05) is 42.5 Å². The molecule has 2 aromatic rings. The van der Waals surface area contributed by atoms with E-state index in [0.29, 0.717) is 19.6 Å². The molecule has 0 saturated heterocycles. The van der Waals surface area contributed by atoms with Crippen LogP contribution < -0.4 is 5.32 Å². The molecule has 2 N–H and O–H groups in total. The number of carbonyl (C=O) groups is 2. The first-order valence-corrected chi connectivity index (χ1v) is 7.81. The van der Waals surface area contributed by atoms with Gasteiger partial charge >= 0.3 is 5.97 Å². The standard InChI is InChI=1S/C19H21NO4/c1-14(24-13-16-6-3-2-4-7-16)18(21)20-11-10-15-8-5-9-17(12-15)19(22)23/h2-9,12,14H,10-11,13H2,1H3,(H,20,21)(H,22,23). The normalized spacial score (nSPS) is 11.7. The van der Waals surface area contributed by atoms with Crippen LogP contribution in [0, 0.1) is 0 Å². The van der Waals surface area contributed by atoms with Crippen molar-refractivity contribution in [3.63, 3.8) is 0 Å². The molecule has 0 aliphatic carbocycles. The van der Waals surface area contributed by atoms with Gasteiger partial charge in [0.05, 0.1) is 12.2 Å². The van der Waals surface area contributed by atoms with Crippen LogP contribution in [-0.4, -0.2) is 29.6 Å². The number of carbonyl (C=O) groups excluding carboxylic acids is 1. The fourth-order valence-corrected chi connectivity index (χ4v) is 2.20. The highest BCUT2D eigenvalue weighted by Gasteiger charge is 2.13. The van der Waals surface area contributed by atoms with Crippen molar-refractivity contribution in [1.29, 1.82) is 0 Å². The molecule has 0 bridgehead atoms. The molecule has 1 atom stereocenters. The first kappa shape index (κ1) is 17.7. The van der Waals surface area contributed by atoms with Crippen LogP contribution in [0.3, 0.4) is 0 Å². The van der Waals surface area contributed by atoms with Gasteiger partial charge in [-0.05, 0) is 36.6 Å². The molecular weight excluding hydrogens is 306 g/mol. The summed E-state index contributed by atoms with van der Waals surface area (Å²) in [5.74, 6) is -1.14. The Kier molecular flexibility index (Phi) is 6.51. The summed E-state index contributed by atoms with van der Waals surface area (Å²) in [6.07, 6.45) is 0.0219. The SMILES string of the molecule is CC(OCc1ccccc1)C(=O)NCCc1cccc(C(=O)O)c1. The summed E-state index contributed by atoms with van der Waals surface area (Å²) < 4.78 is 5.55. The second-order valence-corrected chi connectivity index (χ2v) is 5.49. The molecule has 0 aliphatic heterocycles. The van der Waals surface area contributed by atoms with Crippen molar-refractivity contribution in [1.82, 2.24) is 5.32 Å². The molecule has 1 amide bonds. The second-order valence-electron chi connectivity index (χ2n) is 5.49. The Balaban J connectivity index is 1.74. The predicted molar refractivity (Wildman–Crippen MR) is 90.8 cm³/mol. The van der Waals surface area contributed by atoms with E-state index >= 15 is 0 Å². The molecule has 0 aliphatic rings.